The van der Waals surface area contributed by atoms with E-state index in [1.54, 1.807) is 50.7 Å². The van der Waals surface area contributed by atoms with Gasteiger partial charge in [-0.25, -0.2) is 14.8 Å². The topological polar surface area (TPSA) is 144 Å². The van der Waals surface area contributed by atoms with Crippen molar-refractivity contribution in [1.82, 2.24) is 25.1 Å². The maximum absolute atomic E-state index is 13.8. The van der Waals surface area contributed by atoms with Gasteiger partial charge in [0, 0.05) is 64.4 Å². The van der Waals surface area contributed by atoms with Crippen molar-refractivity contribution in [2.45, 2.75) is 64.7 Å². The Morgan fingerprint density at radius 2 is 1.69 bits per heavy atom. The second-order valence-corrected chi connectivity index (χ2v) is 12.1. The standard InChI is InChI=1S/C32H44N6O7/c1-6-44-31(42)37-18-16-36(17-19-37)30(41)24(12-13-27(39)45-32(2,3)4)34-29(40)25-20-26(38-15-14-23(21-38)43-5)35-28(33-25)22-10-8-7-9-11-22/h7-11,20,23-24H,6,12-19,21H2,1-5H3,(H,34,40)/t23-,24?/m1/s1. The summed E-state index contributed by atoms with van der Waals surface area (Å²) in [5.74, 6) is -0.424. The zero-order chi connectivity index (χ0) is 32.6. The first kappa shape index (κ1) is 33.6. The molecule has 1 aromatic carbocycles. The number of aromatic nitrogens is 2. The van der Waals surface area contributed by atoms with Gasteiger partial charge in [-0.1, -0.05) is 30.3 Å². The number of hydrogen-bond acceptors (Lipinski definition) is 10. The highest BCUT2D eigenvalue weighted by atomic mass is 16.6. The van der Waals surface area contributed by atoms with Gasteiger partial charge in [-0.3, -0.25) is 14.4 Å². The van der Waals surface area contributed by atoms with Crippen molar-refractivity contribution in [2.75, 3.05) is 57.9 Å². The van der Waals surface area contributed by atoms with Crippen LogP contribution in [0.5, 0.6) is 0 Å². The fraction of sp³-hybridized carbons (Fsp3) is 0.562. The number of piperazine rings is 1. The quantitative estimate of drug-likeness (QED) is 0.392. The summed E-state index contributed by atoms with van der Waals surface area (Å²) < 4.78 is 16.1. The van der Waals surface area contributed by atoms with E-state index in [0.717, 1.165) is 12.0 Å². The Labute approximate surface area is 264 Å². The molecule has 13 heteroatoms. The predicted octanol–water partition coefficient (Wildman–Crippen LogP) is 2.89. The lowest BCUT2D eigenvalue weighted by Gasteiger charge is -2.36. The number of nitrogens with zero attached hydrogens (tertiary/aromatic N) is 5. The van der Waals surface area contributed by atoms with Gasteiger partial charge in [-0.2, -0.15) is 0 Å². The molecule has 1 unspecified atom stereocenters. The molecule has 0 aliphatic carbocycles. The first-order valence-corrected chi connectivity index (χ1v) is 15.4. The summed E-state index contributed by atoms with van der Waals surface area (Å²) in [6.07, 6.45) is 0.406. The fourth-order valence-corrected chi connectivity index (χ4v) is 5.25. The van der Waals surface area contributed by atoms with E-state index in [0.29, 0.717) is 37.8 Å². The van der Waals surface area contributed by atoms with E-state index >= 15 is 0 Å². The van der Waals surface area contributed by atoms with Crippen LogP contribution in [0, 0.1) is 0 Å². The van der Waals surface area contributed by atoms with Crippen LogP contribution in [0.4, 0.5) is 10.6 Å². The minimum Gasteiger partial charge on any atom is -0.460 e. The molecule has 0 radical (unpaired) electrons. The molecule has 2 saturated heterocycles. The predicted molar refractivity (Wildman–Crippen MR) is 167 cm³/mol. The van der Waals surface area contributed by atoms with Crippen LogP contribution in [-0.4, -0.2) is 114 Å². The molecule has 2 aliphatic heterocycles. The van der Waals surface area contributed by atoms with Crippen molar-refractivity contribution in [2.24, 2.45) is 0 Å². The SMILES string of the molecule is CCOC(=O)N1CCN(C(=O)C(CCC(=O)OC(C)(C)C)NC(=O)c2cc(N3CC[C@@H](OC)C3)nc(-c3ccccc3)n2)CC1. The lowest BCUT2D eigenvalue weighted by molar-refractivity contribution is -0.155. The van der Waals surface area contributed by atoms with Crippen LogP contribution < -0.4 is 10.2 Å². The molecule has 0 spiro atoms. The molecule has 2 atom stereocenters. The lowest BCUT2D eigenvalue weighted by atomic mass is 10.1. The Morgan fingerprint density at radius 3 is 2.31 bits per heavy atom. The molecular formula is C32H44N6O7. The molecule has 13 nitrogen and oxygen atoms in total. The van der Waals surface area contributed by atoms with E-state index in [1.165, 1.54) is 0 Å². The van der Waals surface area contributed by atoms with Crippen molar-refractivity contribution in [3.05, 3.63) is 42.1 Å². The van der Waals surface area contributed by atoms with Crippen LogP contribution >= 0.6 is 0 Å². The van der Waals surface area contributed by atoms with Crippen molar-refractivity contribution in [3.8, 4) is 11.4 Å². The highest BCUT2D eigenvalue weighted by molar-refractivity contribution is 5.97. The van der Waals surface area contributed by atoms with E-state index < -0.39 is 29.6 Å². The minimum atomic E-state index is -1.03. The first-order chi connectivity index (χ1) is 21.5. The normalized spacial score (nSPS) is 17.5. The molecule has 4 rings (SSSR count). The minimum absolute atomic E-state index is 0.0305. The molecule has 1 aromatic heterocycles. The summed E-state index contributed by atoms with van der Waals surface area (Å²) in [4.78, 5) is 66.8. The second kappa shape index (κ2) is 15.2. The van der Waals surface area contributed by atoms with Gasteiger partial charge in [0.2, 0.25) is 5.91 Å². The number of nitrogens with one attached hydrogen (secondary N) is 1. The zero-order valence-corrected chi connectivity index (χ0v) is 26.8. The summed E-state index contributed by atoms with van der Waals surface area (Å²) in [6.45, 7) is 9.76. The summed E-state index contributed by atoms with van der Waals surface area (Å²) in [5.41, 5.74) is 0.154. The number of rotatable bonds is 10. The number of carbonyl (C=O) groups excluding carboxylic acids is 4. The van der Waals surface area contributed by atoms with Crippen molar-refractivity contribution >= 4 is 29.7 Å². The summed E-state index contributed by atoms with van der Waals surface area (Å²) >= 11 is 0. The highest BCUT2D eigenvalue weighted by Gasteiger charge is 2.32. The Kier molecular flexibility index (Phi) is 11.3. The van der Waals surface area contributed by atoms with Crippen LogP contribution in [0.25, 0.3) is 11.4 Å². The van der Waals surface area contributed by atoms with Crippen LogP contribution in [0.3, 0.4) is 0 Å². The summed E-state index contributed by atoms with van der Waals surface area (Å²) in [6, 6.07) is 9.95. The Hall–Kier alpha value is -4.26. The number of ether oxygens (including phenoxy) is 3. The summed E-state index contributed by atoms with van der Waals surface area (Å²) in [7, 11) is 1.67. The van der Waals surface area contributed by atoms with Crippen LogP contribution in [0.2, 0.25) is 0 Å². The molecule has 2 aliphatic rings. The number of methoxy groups -OCH3 is 1. The highest BCUT2D eigenvalue weighted by Crippen LogP contribution is 2.24. The van der Waals surface area contributed by atoms with Crippen molar-refractivity contribution in [1.29, 1.82) is 0 Å². The summed E-state index contributed by atoms with van der Waals surface area (Å²) in [5, 5.41) is 2.84. The number of benzene rings is 1. The van der Waals surface area contributed by atoms with Gasteiger partial charge in [-0.15, -0.1) is 0 Å². The number of esters is 1. The number of hydrogen-bond donors (Lipinski definition) is 1. The number of carbonyl (C=O) groups is 4. The van der Waals surface area contributed by atoms with Crippen LogP contribution in [0.15, 0.2) is 36.4 Å². The maximum Gasteiger partial charge on any atom is 0.409 e. The van der Waals surface area contributed by atoms with Gasteiger partial charge in [0.05, 0.1) is 12.7 Å². The van der Waals surface area contributed by atoms with Gasteiger partial charge in [-0.05, 0) is 40.5 Å². The molecule has 244 valence electrons. The fourth-order valence-electron chi connectivity index (χ4n) is 5.25. The average Bonchev–Trinajstić information content (AvgIpc) is 3.52. The average molecular weight is 625 g/mol. The van der Waals surface area contributed by atoms with Gasteiger partial charge >= 0.3 is 12.1 Å². The van der Waals surface area contributed by atoms with Gasteiger partial charge in [0.15, 0.2) is 5.82 Å². The molecule has 2 fully saturated rings. The van der Waals surface area contributed by atoms with E-state index in [4.69, 9.17) is 19.2 Å². The zero-order valence-electron chi connectivity index (χ0n) is 26.8. The van der Waals surface area contributed by atoms with Crippen molar-refractivity contribution in [3.63, 3.8) is 0 Å². The third-order valence-corrected chi connectivity index (χ3v) is 7.56. The van der Waals surface area contributed by atoms with Crippen LogP contribution in [-0.2, 0) is 23.8 Å². The monoisotopic (exact) mass is 624 g/mol. The van der Waals surface area contributed by atoms with Gasteiger partial charge in [0.25, 0.3) is 5.91 Å². The van der Waals surface area contributed by atoms with E-state index in [2.05, 4.69) is 10.3 Å². The molecule has 2 aromatic rings. The molecule has 0 bridgehead atoms. The van der Waals surface area contributed by atoms with Gasteiger partial charge < -0.3 is 34.2 Å². The Bertz CT molecular complexity index is 1340. The lowest BCUT2D eigenvalue weighted by Crippen LogP contribution is -2.56. The van der Waals surface area contributed by atoms with Crippen LogP contribution in [0.1, 0.15) is 57.4 Å². The number of amides is 3. The largest absolute Gasteiger partial charge is 0.460 e. The molecule has 1 N–H and O–H groups in total. The van der Waals surface area contributed by atoms with E-state index in [-0.39, 0.29) is 50.2 Å². The molecule has 45 heavy (non-hydrogen) atoms. The van der Waals surface area contributed by atoms with E-state index in [1.807, 2.05) is 35.2 Å². The Balaban J connectivity index is 1.56. The smallest absolute Gasteiger partial charge is 0.409 e. The number of anilines is 1. The molecule has 3 heterocycles. The third-order valence-electron chi connectivity index (χ3n) is 7.56. The van der Waals surface area contributed by atoms with E-state index in [9.17, 15) is 19.2 Å². The first-order valence-electron chi connectivity index (χ1n) is 15.4. The molecular weight excluding hydrogens is 580 g/mol. The second-order valence-electron chi connectivity index (χ2n) is 12.1. The molecule has 0 saturated carbocycles. The third kappa shape index (κ3) is 9.37. The van der Waals surface area contributed by atoms with Crippen molar-refractivity contribution < 1.29 is 33.4 Å². The molecule has 3 amide bonds. The van der Waals surface area contributed by atoms with Gasteiger partial charge in [0.1, 0.15) is 23.2 Å². The maximum atomic E-state index is 13.8. The Morgan fingerprint density at radius 1 is 1.00 bits per heavy atom.